The molecule has 5 nitrogen and oxygen atoms in total. The molecule has 88 valence electrons. The van der Waals surface area contributed by atoms with Gasteiger partial charge in [0.25, 0.3) is 0 Å². The molecule has 0 spiro atoms. The van der Waals surface area contributed by atoms with E-state index in [1.54, 1.807) is 11.3 Å². The molecule has 0 atom stereocenters. The molecule has 2 rings (SSSR count). The maximum atomic E-state index is 11.3. The maximum absolute atomic E-state index is 11.3. The molecule has 2 heterocycles. The van der Waals surface area contributed by atoms with Crippen LogP contribution in [0, 0.1) is 0 Å². The lowest BCUT2D eigenvalue weighted by Gasteiger charge is -2.04. The van der Waals surface area contributed by atoms with E-state index in [4.69, 9.17) is 5.73 Å². The zero-order chi connectivity index (χ0) is 12.3. The van der Waals surface area contributed by atoms with Gasteiger partial charge in [-0.1, -0.05) is 6.07 Å². The SMILES string of the molecule is COC(=O)c1cnc(Cc2cccs2)nc1N. The van der Waals surface area contributed by atoms with Gasteiger partial charge in [-0.05, 0) is 11.4 Å². The minimum absolute atomic E-state index is 0.151. The number of carbonyl (C=O) groups is 1. The lowest BCUT2D eigenvalue weighted by atomic mass is 10.3. The van der Waals surface area contributed by atoms with Gasteiger partial charge in [0.15, 0.2) is 0 Å². The molecule has 2 aromatic rings. The number of ether oxygens (including phenoxy) is 1. The molecular formula is C11H11N3O2S. The van der Waals surface area contributed by atoms with Crippen molar-refractivity contribution in [2.24, 2.45) is 0 Å². The Labute approximate surface area is 102 Å². The highest BCUT2D eigenvalue weighted by atomic mass is 32.1. The van der Waals surface area contributed by atoms with Gasteiger partial charge in [0.05, 0.1) is 7.11 Å². The Bertz CT molecular complexity index is 526. The van der Waals surface area contributed by atoms with Crippen molar-refractivity contribution in [2.45, 2.75) is 6.42 Å². The smallest absolute Gasteiger partial charge is 0.343 e. The first-order chi connectivity index (χ1) is 8.20. The van der Waals surface area contributed by atoms with Crippen LogP contribution >= 0.6 is 11.3 Å². The molecule has 0 radical (unpaired) electrons. The van der Waals surface area contributed by atoms with Crippen LogP contribution in [0.2, 0.25) is 0 Å². The highest BCUT2D eigenvalue weighted by molar-refractivity contribution is 7.09. The molecule has 0 aliphatic rings. The lowest BCUT2D eigenvalue weighted by molar-refractivity contribution is 0.0601. The number of carbonyl (C=O) groups excluding carboxylic acids is 1. The summed E-state index contributed by atoms with van der Waals surface area (Å²) >= 11 is 1.63. The number of anilines is 1. The Morgan fingerprint density at radius 2 is 2.41 bits per heavy atom. The molecular weight excluding hydrogens is 238 g/mol. The minimum atomic E-state index is -0.523. The number of nitrogens with zero attached hydrogens (tertiary/aromatic N) is 2. The predicted octanol–water partition coefficient (Wildman–Crippen LogP) is 1.50. The summed E-state index contributed by atoms with van der Waals surface area (Å²) in [5.41, 5.74) is 5.87. The normalized spacial score (nSPS) is 10.2. The summed E-state index contributed by atoms with van der Waals surface area (Å²) in [5, 5.41) is 1.99. The average Bonchev–Trinajstić information content (AvgIpc) is 2.81. The van der Waals surface area contributed by atoms with Crippen molar-refractivity contribution in [3.8, 4) is 0 Å². The highest BCUT2D eigenvalue weighted by Gasteiger charge is 2.12. The standard InChI is InChI=1S/C11H11N3O2S/c1-16-11(15)8-6-13-9(14-10(8)12)5-7-3-2-4-17-7/h2-4,6H,5H2,1H3,(H2,12,13,14). The number of aromatic nitrogens is 2. The summed E-state index contributed by atoms with van der Waals surface area (Å²) in [6.45, 7) is 0. The number of rotatable bonds is 3. The van der Waals surface area contributed by atoms with E-state index in [0.29, 0.717) is 12.2 Å². The van der Waals surface area contributed by atoms with Crippen LogP contribution in [0.4, 0.5) is 5.82 Å². The van der Waals surface area contributed by atoms with Crippen molar-refractivity contribution >= 4 is 23.1 Å². The van der Waals surface area contributed by atoms with Crippen LogP contribution in [-0.4, -0.2) is 23.0 Å². The van der Waals surface area contributed by atoms with E-state index < -0.39 is 5.97 Å². The van der Waals surface area contributed by atoms with Crippen molar-refractivity contribution in [2.75, 3.05) is 12.8 Å². The van der Waals surface area contributed by atoms with Crippen LogP contribution < -0.4 is 5.73 Å². The average molecular weight is 249 g/mol. The first-order valence-electron chi connectivity index (χ1n) is 4.93. The van der Waals surface area contributed by atoms with Crippen molar-refractivity contribution in [3.05, 3.63) is 40.0 Å². The largest absolute Gasteiger partial charge is 0.465 e. The molecule has 6 heteroatoms. The van der Waals surface area contributed by atoms with Gasteiger partial charge in [-0.15, -0.1) is 11.3 Å². The minimum Gasteiger partial charge on any atom is -0.465 e. The van der Waals surface area contributed by atoms with Crippen LogP contribution in [-0.2, 0) is 11.2 Å². The van der Waals surface area contributed by atoms with E-state index in [1.165, 1.54) is 13.3 Å². The van der Waals surface area contributed by atoms with Gasteiger partial charge in [0.2, 0.25) is 0 Å². The third-order valence-electron chi connectivity index (χ3n) is 2.19. The second-order valence-corrected chi connectivity index (χ2v) is 4.37. The Morgan fingerprint density at radius 3 is 3.00 bits per heavy atom. The van der Waals surface area contributed by atoms with Crippen LogP contribution in [0.15, 0.2) is 23.7 Å². The van der Waals surface area contributed by atoms with E-state index in [-0.39, 0.29) is 11.4 Å². The molecule has 0 bridgehead atoms. The number of hydrogen-bond acceptors (Lipinski definition) is 6. The van der Waals surface area contributed by atoms with Crippen LogP contribution in [0.1, 0.15) is 21.1 Å². The van der Waals surface area contributed by atoms with Gasteiger partial charge in [-0.25, -0.2) is 14.8 Å². The van der Waals surface area contributed by atoms with E-state index in [2.05, 4.69) is 14.7 Å². The summed E-state index contributed by atoms with van der Waals surface area (Å²) in [5.74, 6) is 0.223. The number of thiophene rings is 1. The zero-order valence-corrected chi connectivity index (χ0v) is 10.0. The molecule has 0 saturated carbocycles. The van der Waals surface area contributed by atoms with Crippen LogP contribution in [0.5, 0.6) is 0 Å². The molecule has 2 N–H and O–H groups in total. The Hall–Kier alpha value is -1.95. The molecule has 0 aromatic carbocycles. The molecule has 0 aliphatic carbocycles. The van der Waals surface area contributed by atoms with Crippen molar-refractivity contribution in [1.29, 1.82) is 0 Å². The summed E-state index contributed by atoms with van der Waals surface area (Å²) in [6.07, 6.45) is 2.01. The first kappa shape index (κ1) is 11.5. The number of esters is 1. The quantitative estimate of drug-likeness (QED) is 0.834. The van der Waals surface area contributed by atoms with Gasteiger partial charge in [-0.3, -0.25) is 0 Å². The number of nitrogens with two attached hydrogens (primary N) is 1. The Kier molecular flexibility index (Phi) is 3.34. The monoisotopic (exact) mass is 249 g/mol. The molecule has 0 saturated heterocycles. The second kappa shape index (κ2) is 4.92. The van der Waals surface area contributed by atoms with Crippen LogP contribution in [0.3, 0.4) is 0 Å². The third kappa shape index (κ3) is 2.59. The van der Waals surface area contributed by atoms with E-state index >= 15 is 0 Å². The fourth-order valence-electron chi connectivity index (χ4n) is 1.35. The first-order valence-corrected chi connectivity index (χ1v) is 5.80. The predicted molar refractivity (Wildman–Crippen MR) is 64.9 cm³/mol. The fraction of sp³-hybridized carbons (Fsp3) is 0.182. The molecule has 17 heavy (non-hydrogen) atoms. The highest BCUT2D eigenvalue weighted by Crippen LogP contribution is 2.14. The maximum Gasteiger partial charge on any atom is 0.343 e. The van der Waals surface area contributed by atoms with Gasteiger partial charge in [0.1, 0.15) is 17.2 Å². The summed E-state index contributed by atoms with van der Waals surface area (Å²) < 4.78 is 4.57. The molecule has 0 amide bonds. The lowest BCUT2D eigenvalue weighted by Crippen LogP contribution is -2.10. The fourth-order valence-corrected chi connectivity index (χ4v) is 2.06. The zero-order valence-electron chi connectivity index (χ0n) is 9.21. The summed E-state index contributed by atoms with van der Waals surface area (Å²) in [7, 11) is 1.29. The number of methoxy groups -OCH3 is 1. The summed E-state index contributed by atoms with van der Waals surface area (Å²) in [6, 6.07) is 3.96. The van der Waals surface area contributed by atoms with Gasteiger partial charge >= 0.3 is 5.97 Å². The van der Waals surface area contributed by atoms with Crippen molar-refractivity contribution in [3.63, 3.8) is 0 Å². The van der Waals surface area contributed by atoms with Crippen molar-refractivity contribution in [1.82, 2.24) is 9.97 Å². The summed E-state index contributed by atoms with van der Waals surface area (Å²) in [4.78, 5) is 20.6. The molecule has 0 aliphatic heterocycles. The molecule has 2 aromatic heterocycles. The van der Waals surface area contributed by atoms with Crippen LogP contribution in [0.25, 0.3) is 0 Å². The van der Waals surface area contributed by atoms with E-state index in [1.807, 2.05) is 17.5 Å². The molecule has 0 unspecified atom stereocenters. The van der Waals surface area contributed by atoms with Gasteiger partial charge in [-0.2, -0.15) is 0 Å². The van der Waals surface area contributed by atoms with Crippen molar-refractivity contribution < 1.29 is 9.53 Å². The topological polar surface area (TPSA) is 78.1 Å². The number of hydrogen-bond donors (Lipinski definition) is 1. The molecule has 0 fully saturated rings. The Balaban J connectivity index is 2.22. The Morgan fingerprint density at radius 1 is 1.59 bits per heavy atom. The van der Waals surface area contributed by atoms with Gasteiger partial charge < -0.3 is 10.5 Å². The van der Waals surface area contributed by atoms with E-state index in [9.17, 15) is 4.79 Å². The van der Waals surface area contributed by atoms with Gasteiger partial charge in [0, 0.05) is 17.5 Å². The second-order valence-electron chi connectivity index (χ2n) is 3.33. The third-order valence-corrected chi connectivity index (χ3v) is 3.06. The van der Waals surface area contributed by atoms with E-state index in [0.717, 1.165) is 4.88 Å². The number of nitrogen functional groups attached to an aromatic ring is 1.